The molecule has 0 aliphatic carbocycles. The Morgan fingerprint density at radius 3 is 1.30 bits per heavy atom. The molecule has 2 heterocycles. The number of fused-ring (bicyclic) bond motifs is 2. The van der Waals surface area contributed by atoms with Gasteiger partial charge in [0.1, 0.15) is 0 Å². The maximum Gasteiger partial charge on any atom is 0.263 e. The number of nitrogens with zero attached hydrogens (tertiary/aromatic N) is 3. The van der Waals surface area contributed by atoms with E-state index in [1.165, 1.54) is 0 Å². The van der Waals surface area contributed by atoms with Gasteiger partial charge in [0.25, 0.3) is 16.7 Å². The quantitative estimate of drug-likeness (QED) is 0.0374. The molecule has 1 N–H and O–H groups in total. The molecule has 0 spiro atoms. The first-order valence-electron chi connectivity index (χ1n) is 24.0. The number of unbranched alkanes of at least 4 members (excludes halogenated alkanes) is 12. The molecular weight excluding hydrogens is 743 g/mol. The van der Waals surface area contributed by atoms with E-state index in [1.807, 2.05) is 30.3 Å². The van der Waals surface area contributed by atoms with Crippen LogP contribution >= 0.6 is 0 Å². The number of hydrogen-bond donors (Lipinski definition) is 1. The van der Waals surface area contributed by atoms with Crippen molar-refractivity contribution in [3.63, 3.8) is 0 Å². The Morgan fingerprint density at radius 1 is 0.433 bits per heavy atom. The van der Waals surface area contributed by atoms with Gasteiger partial charge in [-0.25, -0.2) is 0 Å². The van der Waals surface area contributed by atoms with Gasteiger partial charge in [-0.2, -0.15) is 0 Å². The summed E-state index contributed by atoms with van der Waals surface area (Å²) < 4.78 is 3.33. The fourth-order valence-corrected chi connectivity index (χ4v) is 10.4. The number of pyridine rings is 2. The van der Waals surface area contributed by atoms with Gasteiger partial charge in [0.2, 0.25) is 5.88 Å². The Bertz CT molecular complexity index is 2720. The molecule has 7 nitrogen and oxygen atoms in total. The predicted molar refractivity (Wildman–Crippen MR) is 255 cm³/mol. The lowest BCUT2D eigenvalue weighted by molar-refractivity contribution is 0.334. The van der Waals surface area contributed by atoms with E-state index in [0.29, 0.717) is 33.4 Å². The van der Waals surface area contributed by atoms with E-state index < -0.39 is 0 Å². The van der Waals surface area contributed by atoms with E-state index in [9.17, 15) is 14.7 Å². The highest BCUT2D eigenvalue weighted by molar-refractivity contribution is 6.39. The van der Waals surface area contributed by atoms with Crippen LogP contribution in [0.5, 0.6) is 5.88 Å². The average molecular weight is 812 g/mol. The van der Waals surface area contributed by atoms with Gasteiger partial charge in [-0.1, -0.05) is 156 Å². The van der Waals surface area contributed by atoms with Crippen LogP contribution in [-0.2, 0) is 0 Å². The lowest BCUT2D eigenvalue weighted by Gasteiger charge is -2.25. The van der Waals surface area contributed by atoms with Crippen molar-refractivity contribution in [2.24, 2.45) is 4.99 Å². The SMILES string of the molecule is CCCCCCC(CCCCCC)n1c(O)c2ccc3c4ccc5c(=O)n(C(CCCCCC)CCCCCC)c(=O)c6ccc(c7cc(=NCCC)c(c1=O)c2c37)c4c56. The summed E-state index contributed by atoms with van der Waals surface area (Å²) in [5.41, 5.74) is -0.544. The van der Waals surface area contributed by atoms with Gasteiger partial charge >= 0.3 is 0 Å². The van der Waals surface area contributed by atoms with Crippen molar-refractivity contribution in [3.8, 4) is 5.88 Å². The maximum atomic E-state index is 15.1. The van der Waals surface area contributed by atoms with Crippen LogP contribution < -0.4 is 22.0 Å². The summed E-state index contributed by atoms with van der Waals surface area (Å²) in [5.74, 6) is 0.0416. The minimum atomic E-state index is -0.189. The van der Waals surface area contributed by atoms with Crippen molar-refractivity contribution in [1.82, 2.24) is 9.13 Å². The Kier molecular flexibility index (Phi) is 14.5. The second-order valence-electron chi connectivity index (χ2n) is 17.9. The number of hydrogen-bond acceptors (Lipinski definition) is 5. The normalized spacial score (nSPS) is 12.9. The van der Waals surface area contributed by atoms with Crippen LogP contribution in [0, 0.1) is 0 Å². The maximum absolute atomic E-state index is 15.1. The predicted octanol–water partition coefficient (Wildman–Crippen LogP) is 13.6. The fraction of sp³-hybridized carbons (Fsp3) is 0.547. The van der Waals surface area contributed by atoms with E-state index >= 15 is 4.79 Å². The van der Waals surface area contributed by atoms with Crippen molar-refractivity contribution < 1.29 is 5.11 Å². The molecule has 0 atom stereocenters. The van der Waals surface area contributed by atoms with E-state index in [-0.39, 0.29) is 34.6 Å². The molecule has 2 aromatic heterocycles. The van der Waals surface area contributed by atoms with E-state index in [0.717, 1.165) is 178 Å². The molecule has 5 aromatic carbocycles. The fourth-order valence-electron chi connectivity index (χ4n) is 10.4. The molecule has 7 rings (SSSR count). The summed E-state index contributed by atoms with van der Waals surface area (Å²) in [6, 6.07) is 13.9. The van der Waals surface area contributed by atoms with Crippen LogP contribution in [0.4, 0.5) is 0 Å². The number of aromatic nitrogens is 2. The first-order valence-corrected chi connectivity index (χ1v) is 24.0. The van der Waals surface area contributed by atoms with Crippen LogP contribution in [0.2, 0.25) is 0 Å². The van der Waals surface area contributed by atoms with Crippen LogP contribution in [0.1, 0.15) is 182 Å². The highest BCUT2D eigenvalue weighted by atomic mass is 16.3. The van der Waals surface area contributed by atoms with Crippen molar-refractivity contribution >= 4 is 64.6 Å². The van der Waals surface area contributed by atoms with Gasteiger partial charge in [-0.3, -0.25) is 28.5 Å². The second kappa shape index (κ2) is 19.9. The van der Waals surface area contributed by atoms with Crippen molar-refractivity contribution in [1.29, 1.82) is 0 Å². The number of rotatable bonds is 24. The first-order chi connectivity index (χ1) is 29.3. The minimum Gasteiger partial charge on any atom is -0.494 e. The molecule has 0 amide bonds. The lowest BCUT2D eigenvalue weighted by atomic mass is 9.85. The average Bonchev–Trinajstić information content (AvgIpc) is 3.25. The second-order valence-corrected chi connectivity index (χ2v) is 17.9. The molecule has 0 fully saturated rings. The van der Waals surface area contributed by atoms with E-state index in [2.05, 4.69) is 46.8 Å². The van der Waals surface area contributed by atoms with Crippen molar-refractivity contribution in [2.75, 3.05) is 6.54 Å². The van der Waals surface area contributed by atoms with Gasteiger partial charge < -0.3 is 5.11 Å². The standard InChI is InChI=1S/C53H69N3O4/c1-6-11-15-19-23-35(24-20-16-12-7-2)55-50(57)40-30-27-37-38-28-32-42-48-46(38)43(39-29-31-41(51(55)58)47(40)45(37)39)34-44(54-33-10-5)49(48)53(60)56(52(42)59)36(25-21-17-13-8-3)26-22-18-14-9-4/h27-32,34-36,59H,6-26,33H2,1-5H3. The third kappa shape index (κ3) is 8.14. The molecule has 0 saturated heterocycles. The number of benzene rings is 5. The Hall–Kier alpha value is -4.52. The zero-order valence-corrected chi connectivity index (χ0v) is 37.3. The van der Waals surface area contributed by atoms with Gasteiger partial charge in [0.15, 0.2) is 0 Å². The van der Waals surface area contributed by atoms with E-state index in [4.69, 9.17) is 4.99 Å². The Balaban J connectivity index is 1.48. The highest BCUT2D eigenvalue weighted by Gasteiger charge is 2.27. The zero-order chi connectivity index (χ0) is 42.3. The Morgan fingerprint density at radius 2 is 0.833 bits per heavy atom. The monoisotopic (exact) mass is 812 g/mol. The molecule has 7 heteroatoms. The molecule has 0 aliphatic rings. The van der Waals surface area contributed by atoms with Crippen molar-refractivity contribution in [3.05, 3.63) is 78.9 Å². The highest BCUT2D eigenvalue weighted by Crippen LogP contribution is 2.45. The van der Waals surface area contributed by atoms with Gasteiger partial charge in [-0.05, 0) is 88.7 Å². The largest absolute Gasteiger partial charge is 0.494 e. The third-order valence-electron chi connectivity index (χ3n) is 13.6. The van der Waals surface area contributed by atoms with Crippen LogP contribution in [0.25, 0.3) is 64.6 Å². The summed E-state index contributed by atoms with van der Waals surface area (Å²) in [7, 11) is 0. The Labute approximate surface area is 355 Å². The summed E-state index contributed by atoms with van der Waals surface area (Å²) in [6.07, 6.45) is 21.9. The van der Waals surface area contributed by atoms with Crippen LogP contribution in [0.3, 0.4) is 0 Å². The molecule has 0 bridgehead atoms. The van der Waals surface area contributed by atoms with Gasteiger partial charge in [-0.15, -0.1) is 0 Å². The lowest BCUT2D eigenvalue weighted by Crippen LogP contribution is -2.36. The van der Waals surface area contributed by atoms with Crippen molar-refractivity contribution in [2.45, 2.75) is 182 Å². The summed E-state index contributed by atoms with van der Waals surface area (Å²) in [5, 5.41) is 22.4. The summed E-state index contributed by atoms with van der Waals surface area (Å²) >= 11 is 0. The van der Waals surface area contributed by atoms with Gasteiger partial charge in [0.05, 0.1) is 10.7 Å². The zero-order valence-electron chi connectivity index (χ0n) is 37.3. The molecule has 0 saturated carbocycles. The molecule has 320 valence electrons. The number of aromatic hydroxyl groups is 1. The molecule has 0 aliphatic heterocycles. The minimum absolute atomic E-state index is 0.0416. The van der Waals surface area contributed by atoms with Gasteiger partial charge in [0, 0.05) is 45.6 Å². The van der Waals surface area contributed by atoms with Crippen LogP contribution in [0.15, 0.2) is 61.8 Å². The van der Waals surface area contributed by atoms with Crippen LogP contribution in [-0.4, -0.2) is 20.8 Å². The molecule has 0 unspecified atom stereocenters. The first kappa shape index (κ1) is 43.6. The summed E-state index contributed by atoms with van der Waals surface area (Å²) in [6.45, 7) is 11.5. The molecular formula is C53H69N3O4. The van der Waals surface area contributed by atoms with E-state index in [1.54, 1.807) is 9.13 Å². The molecule has 7 aromatic rings. The molecule has 0 radical (unpaired) electrons. The topological polar surface area (TPSA) is 93.7 Å². The third-order valence-corrected chi connectivity index (χ3v) is 13.6. The molecule has 60 heavy (non-hydrogen) atoms. The summed E-state index contributed by atoms with van der Waals surface area (Å²) in [4.78, 5) is 49.5. The smallest absolute Gasteiger partial charge is 0.263 e.